The van der Waals surface area contributed by atoms with E-state index < -0.39 is 11.7 Å². The van der Waals surface area contributed by atoms with Gasteiger partial charge in [-0.05, 0) is 37.3 Å². The summed E-state index contributed by atoms with van der Waals surface area (Å²) in [7, 11) is 0. The van der Waals surface area contributed by atoms with Crippen LogP contribution in [-0.2, 0) is 6.18 Å². The van der Waals surface area contributed by atoms with Gasteiger partial charge in [0.25, 0.3) is 0 Å². The highest BCUT2D eigenvalue weighted by Gasteiger charge is 2.30. The van der Waals surface area contributed by atoms with E-state index in [0.717, 1.165) is 12.1 Å². The number of alkyl halides is 3. The van der Waals surface area contributed by atoms with Crippen LogP contribution in [0.15, 0.2) is 42.5 Å². The molecule has 2 aromatic carbocycles. The molecule has 0 spiro atoms. The molecule has 0 aliphatic carbocycles. The quantitative estimate of drug-likeness (QED) is 0.846. The van der Waals surface area contributed by atoms with Gasteiger partial charge in [-0.3, -0.25) is 0 Å². The number of para-hydroxylation sites is 1. The summed E-state index contributed by atoms with van der Waals surface area (Å²) >= 11 is 0. The van der Waals surface area contributed by atoms with Crippen LogP contribution >= 0.6 is 0 Å². The van der Waals surface area contributed by atoms with Gasteiger partial charge >= 0.3 is 6.18 Å². The van der Waals surface area contributed by atoms with Gasteiger partial charge < -0.3 is 15.2 Å². The molecule has 0 aliphatic heterocycles. The zero-order valence-corrected chi connectivity index (χ0v) is 11.3. The summed E-state index contributed by atoms with van der Waals surface area (Å²) in [5.41, 5.74) is 5.34. The van der Waals surface area contributed by atoms with Crippen molar-refractivity contribution < 1.29 is 22.6 Å². The summed E-state index contributed by atoms with van der Waals surface area (Å²) < 4.78 is 48.7. The van der Waals surface area contributed by atoms with Gasteiger partial charge in [-0.25, -0.2) is 0 Å². The molecule has 0 atom stereocenters. The van der Waals surface area contributed by atoms with Gasteiger partial charge in [0.05, 0.1) is 12.2 Å². The Morgan fingerprint density at radius 2 is 1.71 bits per heavy atom. The third-order valence-corrected chi connectivity index (χ3v) is 2.72. The van der Waals surface area contributed by atoms with Crippen molar-refractivity contribution >= 4 is 5.69 Å². The van der Waals surface area contributed by atoms with Crippen molar-refractivity contribution in [3.63, 3.8) is 0 Å². The topological polar surface area (TPSA) is 44.5 Å². The van der Waals surface area contributed by atoms with Crippen LogP contribution < -0.4 is 15.2 Å². The van der Waals surface area contributed by atoms with Gasteiger partial charge in [-0.15, -0.1) is 0 Å². The second-order valence-electron chi connectivity index (χ2n) is 4.23. The fourth-order valence-electron chi connectivity index (χ4n) is 1.76. The van der Waals surface area contributed by atoms with E-state index in [2.05, 4.69) is 0 Å². The smallest absolute Gasteiger partial charge is 0.416 e. The van der Waals surface area contributed by atoms with Crippen molar-refractivity contribution in [2.75, 3.05) is 12.3 Å². The molecule has 2 N–H and O–H groups in total. The van der Waals surface area contributed by atoms with Crippen LogP contribution in [0.4, 0.5) is 18.9 Å². The summed E-state index contributed by atoms with van der Waals surface area (Å²) in [4.78, 5) is 0. The van der Waals surface area contributed by atoms with Crippen molar-refractivity contribution in [3.05, 3.63) is 48.0 Å². The van der Waals surface area contributed by atoms with E-state index >= 15 is 0 Å². The van der Waals surface area contributed by atoms with Crippen LogP contribution in [0.1, 0.15) is 12.5 Å². The van der Waals surface area contributed by atoms with Crippen LogP contribution in [0.3, 0.4) is 0 Å². The number of halogens is 3. The fraction of sp³-hybridized carbons (Fsp3) is 0.200. The van der Waals surface area contributed by atoms with Crippen LogP contribution in [-0.4, -0.2) is 6.61 Å². The van der Waals surface area contributed by atoms with Crippen molar-refractivity contribution in [1.82, 2.24) is 0 Å². The average Bonchev–Trinajstić information content (AvgIpc) is 2.43. The van der Waals surface area contributed by atoms with E-state index in [0.29, 0.717) is 12.4 Å². The molecule has 0 heterocycles. The maximum absolute atomic E-state index is 12.7. The average molecular weight is 297 g/mol. The summed E-state index contributed by atoms with van der Waals surface area (Å²) in [6, 6.07) is 9.50. The summed E-state index contributed by atoms with van der Waals surface area (Å²) in [6.45, 7) is 2.23. The minimum atomic E-state index is -4.42. The highest BCUT2D eigenvalue weighted by atomic mass is 19.4. The largest absolute Gasteiger partial charge is 0.492 e. The van der Waals surface area contributed by atoms with Crippen molar-refractivity contribution in [2.45, 2.75) is 13.1 Å². The van der Waals surface area contributed by atoms with E-state index in [1.54, 1.807) is 25.1 Å². The zero-order valence-electron chi connectivity index (χ0n) is 11.3. The molecule has 0 amide bonds. The molecule has 2 rings (SSSR count). The molecule has 0 saturated carbocycles. The van der Waals surface area contributed by atoms with E-state index in [1.807, 2.05) is 0 Å². The Hall–Kier alpha value is -2.37. The first kappa shape index (κ1) is 15.0. The molecule has 0 fully saturated rings. The maximum atomic E-state index is 12.7. The van der Waals surface area contributed by atoms with Crippen molar-refractivity contribution in [3.8, 4) is 17.2 Å². The summed E-state index contributed by atoms with van der Waals surface area (Å²) in [5, 5.41) is 0. The predicted octanol–water partition coefficient (Wildman–Crippen LogP) is 4.48. The summed E-state index contributed by atoms with van der Waals surface area (Å²) in [5.74, 6) is 0.743. The van der Waals surface area contributed by atoms with Gasteiger partial charge in [0.2, 0.25) is 0 Å². The molecule has 0 bridgehead atoms. The van der Waals surface area contributed by atoms with Crippen molar-refractivity contribution in [1.29, 1.82) is 0 Å². The number of ether oxygens (including phenoxy) is 2. The first-order valence-electron chi connectivity index (χ1n) is 6.28. The van der Waals surface area contributed by atoms with Crippen molar-refractivity contribution in [2.24, 2.45) is 0 Å². The van der Waals surface area contributed by atoms with Gasteiger partial charge in [0, 0.05) is 0 Å². The molecule has 112 valence electrons. The molecule has 6 heteroatoms. The fourth-order valence-corrected chi connectivity index (χ4v) is 1.76. The van der Waals surface area contributed by atoms with E-state index in [1.165, 1.54) is 12.1 Å². The van der Waals surface area contributed by atoms with Crippen LogP contribution in [0.5, 0.6) is 17.2 Å². The van der Waals surface area contributed by atoms with Gasteiger partial charge in [-0.1, -0.05) is 12.1 Å². The van der Waals surface area contributed by atoms with Crippen LogP contribution in [0, 0.1) is 0 Å². The molecule has 0 aromatic heterocycles. The first-order valence-corrected chi connectivity index (χ1v) is 6.28. The molecule has 0 saturated heterocycles. The number of hydrogen-bond donors (Lipinski definition) is 1. The Morgan fingerprint density at radius 1 is 1.05 bits per heavy atom. The second kappa shape index (κ2) is 5.95. The summed E-state index contributed by atoms with van der Waals surface area (Å²) in [6.07, 6.45) is -4.42. The lowest BCUT2D eigenvalue weighted by molar-refractivity contribution is -0.137. The maximum Gasteiger partial charge on any atom is 0.416 e. The highest BCUT2D eigenvalue weighted by Crippen LogP contribution is 2.36. The molecule has 0 unspecified atom stereocenters. The third kappa shape index (κ3) is 3.59. The Kier molecular flexibility index (Phi) is 4.26. The molecule has 0 aliphatic rings. The van der Waals surface area contributed by atoms with Gasteiger partial charge in [0.15, 0.2) is 5.75 Å². The normalized spacial score (nSPS) is 11.2. The number of rotatable bonds is 4. The van der Waals surface area contributed by atoms with E-state index in [-0.39, 0.29) is 17.2 Å². The molecule has 3 nitrogen and oxygen atoms in total. The van der Waals surface area contributed by atoms with Crippen LogP contribution in [0.2, 0.25) is 0 Å². The molecular weight excluding hydrogens is 283 g/mol. The SMILES string of the molecule is CCOc1cccc(Oc2cccc(C(F)(F)F)c2)c1N. The lowest BCUT2D eigenvalue weighted by Gasteiger charge is -2.13. The molecular formula is C15H14F3NO2. The second-order valence-corrected chi connectivity index (χ2v) is 4.23. The first-order chi connectivity index (χ1) is 9.91. The molecule has 2 aromatic rings. The third-order valence-electron chi connectivity index (χ3n) is 2.72. The highest BCUT2D eigenvalue weighted by molar-refractivity contribution is 5.63. The minimum Gasteiger partial charge on any atom is -0.492 e. The molecule has 0 radical (unpaired) electrons. The van der Waals surface area contributed by atoms with Gasteiger partial charge in [0.1, 0.15) is 17.2 Å². The lowest BCUT2D eigenvalue weighted by atomic mass is 10.2. The van der Waals surface area contributed by atoms with Crippen LogP contribution in [0.25, 0.3) is 0 Å². The number of anilines is 1. The number of nitrogens with two attached hydrogens (primary N) is 1. The number of benzene rings is 2. The number of nitrogen functional groups attached to an aromatic ring is 1. The Balaban J connectivity index is 2.28. The monoisotopic (exact) mass is 297 g/mol. The lowest BCUT2D eigenvalue weighted by Crippen LogP contribution is -2.04. The minimum absolute atomic E-state index is 0.0603. The zero-order chi connectivity index (χ0) is 15.5. The Labute approximate surface area is 120 Å². The molecule has 21 heavy (non-hydrogen) atoms. The Bertz CT molecular complexity index is 627. The van der Waals surface area contributed by atoms with Gasteiger partial charge in [-0.2, -0.15) is 13.2 Å². The Morgan fingerprint density at radius 3 is 2.38 bits per heavy atom. The number of hydrogen-bond acceptors (Lipinski definition) is 3. The standard InChI is InChI=1S/C15H14F3NO2/c1-2-20-12-7-4-8-13(14(12)19)21-11-6-3-5-10(9-11)15(16,17)18/h3-9H,2,19H2,1H3. The van der Waals surface area contributed by atoms with E-state index in [4.69, 9.17) is 15.2 Å². The predicted molar refractivity (Wildman–Crippen MR) is 73.5 cm³/mol. The van der Waals surface area contributed by atoms with E-state index in [9.17, 15) is 13.2 Å².